The maximum Gasteiger partial charge on any atom is 0.233 e. The van der Waals surface area contributed by atoms with Crippen LogP contribution in [0.5, 0.6) is 0 Å². The molecule has 1 aromatic carbocycles. The molecular weight excluding hydrogens is 344 g/mol. The van der Waals surface area contributed by atoms with Crippen molar-refractivity contribution in [3.8, 4) is 0 Å². The van der Waals surface area contributed by atoms with Crippen molar-refractivity contribution >= 4 is 17.5 Å². The average molecular weight is 368 g/mol. The van der Waals surface area contributed by atoms with E-state index in [2.05, 4.69) is 10.1 Å². The molecule has 2 fully saturated rings. The van der Waals surface area contributed by atoms with Crippen LogP contribution in [-0.2, 0) is 9.59 Å². The van der Waals surface area contributed by atoms with E-state index in [1.165, 1.54) is 0 Å². The predicted octanol–water partition coefficient (Wildman–Crippen LogP) is 2.48. The number of aryl methyl sites for hydroxylation is 1. The van der Waals surface area contributed by atoms with E-state index in [4.69, 9.17) is 4.52 Å². The van der Waals surface area contributed by atoms with Crippen LogP contribution in [0.3, 0.4) is 0 Å². The van der Waals surface area contributed by atoms with Crippen molar-refractivity contribution < 1.29 is 14.1 Å². The molecule has 2 aliphatic heterocycles. The van der Waals surface area contributed by atoms with Gasteiger partial charge in [-0.05, 0) is 19.1 Å². The number of carbonyl (C=O) groups is 2. The zero-order chi connectivity index (χ0) is 19.1. The maximum atomic E-state index is 12.8. The Bertz CT molecular complexity index is 852. The van der Waals surface area contributed by atoms with E-state index in [9.17, 15) is 9.59 Å². The molecule has 0 bridgehead atoms. The molecule has 2 amide bonds. The van der Waals surface area contributed by atoms with Gasteiger partial charge < -0.3 is 14.3 Å². The number of hydrogen-bond donors (Lipinski definition) is 0. The summed E-state index contributed by atoms with van der Waals surface area (Å²) in [7, 11) is 0. The molecule has 1 aromatic heterocycles. The third-order valence-electron chi connectivity index (χ3n) is 5.34. The third kappa shape index (κ3) is 3.34. The van der Waals surface area contributed by atoms with Crippen LogP contribution in [0.2, 0.25) is 0 Å². The van der Waals surface area contributed by atoms with Gasteiger partial charge in [-0.1, -0.05) is 36.7 Å². The van der Waals surface area contributed by atoms with Crippen molar-refractivity contribution in [2.45, 2.75) is 39.0 Å². The lowest BCUT2D eigenvalue weighted by molar-refractivity contribution is -0.140. The van der Waals surface area contributed by atoms with Gasteiger partial charge in [0.05, 0.1) is 11.8 Å². The normalized spacial score (nSPS) is 20.4. The van der Waals surface area contributed by atoms with E-state index < -0.39 is 0 Å². The number of hydrogen-bond acceptors (Lipinski definition) is 5. The number of carbonyl (C=O) groups excluding carboxylic acids is 2. The Kier molecular flexibility index (Phi) is 4.45. The van der Waals surface area contributed by atoms with Crippen LogP contribution in [0.1, 0.15) is 49.4 Å². The number of likely N-dealkylation sites (tertiary alicyclic amines) is 1. The van der Waals surface area contributed by atoms with Crippen molar-refractivity contribution in [2.75, 3.05) is 24.5 Å². The zero-order valence-electron chi connectivity index (χ0n) is 15.9. The zero-order valence-corrected chi connectivity index (χ0v) is 15.9. The first kappa shape index (κ1) is 17.7. The highest BCUT2D eigenvalue weighted by Gasteiger charge is 2.42. The Morgan fingerprint density at radius 3 is 2.52 bits per heavy atom. The molecular formula is C20H24N4O3. The fourth-order valence-corrected chi connectivity index (χ4v) is 3.57. The second kappa shape index (κ2) is 6.79. The van der Waals surface area contributed by atoms with Crippen LogP contribution in [0.15, 0.2) is 28.8 Å². The Balaban J connectivity index is 1.35. The van der Waals surface area contributed by atoms with E-state index in [0.717, 1.165) is 11.3 Å². The Hall–Kier alpha value is -2.70. The highest BCUT2D eigenvalue weighted by atomic mass is 16.5. The minimum Gasteiger partial charge on any atom is -0.341 e. The first-order chi connectivity index (χ1) is 12.9. The molecule has 0 saturated carbocycles. The first-order valence-electron chi connectivity index (χ1n) is 9.41. The standard InChI is InChI=1S/C20H24N4O3/c1-12(2)18-21-19(27-22-18)15-9-23(10-15)20(26)14-8-17(25)24(11-14)16-6-4-13(3)5-7-16/h4-7,12,14-15H,8-11H2,1-3H3. The van der Waals surface area contributed by atoms with Crippen molar-refractivity contribution in [1.82, 2.24) is 15.0 Å². The van der Waals surface area contributed by atoms with E-state index >= 15 is 0 Å². The second-order valence-electron chi connectivity index (χ2n) is 7.83. The van der Waals surface area contributed by atoms with Crippen LogP contribution in [-0.4, -0.2) is 46.5 Å². The molecule has 7 heteroatoms. The van der Waals surface area contributed by atoms with Crippen molar-refractivity contribution in [2.24, 2.45) is 5.92 Å². The van der Waals surface area contributed by atoms with Crippen LogP contribution in [0.4, 0.5) is 5.69 Å². The summed E-state index contributed by atoms with van der Waals surface area (Å²) in [5.41, 5.74) is 2.00. The van der Waals surface area contributed by atoms with E-state index in [1.54, 1.807) is 9.80 Å². The molecule has 1 unspecified atom stereocenters. The molecule has 0 radical (unpaired) electrons. The van der Waals surface area contributed by atoms with Gasteiger partial charge in [-0.15, -0.1) is 0 Å². The van der Waals surface area contributed by atoms with Crippen molar-refractivity contribution in [3.05, 3.63) is 41.5 Å². The van der Waals surface area contributed by atoms with Crippen molar-refractivity contribution in [3.63, 3.8) is 0 Å². The Morgan fingerprint density at radius 2 is 1.89 bits per heavy atom. The van der Waals surface area contributed by atoms with Gasteiger partial charge in [-0.2, -0.15) is 4.98 Å². The summed E-state index contributed by atoms with van der Waals surface area (Å²) < 4.78 is 5.32. The summed E-state index contributed by atoms with van der Waals surface area (Å²) in [4.78, 5) is 33.1. The molecule has 3 heterocycles. The minimum atomic E-state index is -0.284. The highest BCUT2D eigenvalue weighted by Crippen LogP contribution is 2.31. The monoisotopic (exact) mass is 368 g/mol. The van der Waals surface area contributed by atoms with Gasteiger partial charge in [0.15, 0.2) is 5.82 Å². The second-order valence-corrected chi connectivity index (χ2v) is 7.83. The predicted molar refractivity (Wildman–Crippen MR) is 99.3 cm³/mol. The van der Waals surface area contributed by atoms with Gasteiger partial charge in [0.25, 0.3) is 0 Å². The van der Waals surface area contributed by atoms with Gasteiger partial charge in [0, 0.05) is 37.7 Å². The van der Waals surface area contributed by atoms with Crippen LogP contribution < -0.4 is 4.90 Å². The quantitative estimate of drug-likeness (QED) is 0.828. The molecule has 0 aliphatic carbocycles. The average Bonchev–Trinajstić information content (AvgIpc) is 3.21. The van der Waals surface area contributed by atoms with E-state index in [0.29, 0.717) is 31.3 Å². The molecule has 27 heavy (non-hydrogen) atoms. The highest BCUT2D eigenvalue weighted by molar-refractivity contribution is 6.00. The first-order valence-corrected chi connectivity index (χ1v) is 9.41. The minimum absolute atomic E-state index is 0.00718. The van der Waals surface area contributed by atoms with Crippen molar-refractivity contribution in [1.29, 1.82) is 0 Å². The van der Waals surface area contributed by atoms with E-state index in [1.807, 2.05) is 45.0 Å². The third-order valence-corrected chi connectivity index (χ3v) is 5.34. The number of amides is 2. The molecule has 2 aliphatic rings. The van der Waals surface area contributed by atoms with Crippen LogP contribution in [0.25, 0.3) is 0 Å². The molecule has 7 nitrogen and oxygen atoms in total. The van der Waals surface area contributed by atoms with E-state index in [-0.39, 0.29) is 36.0 Å². The summed E-state index contributed by atoms with van der Waals surface area (Å²) >= 11 is 0. The molecule has 142 valence electrons. The summed E-state index contributed by atoms with van der Waals surface area (Å²) in [5, 5.41) is 3.98. The number of nitrogens with zero attached hydrogens (tertiary/aromatic N) is 4. The number of rotatable bonds is 4. The summed E-state index contributed by atoms with van der Waals surface area (Å²) in [6.45, 7) is 7.64. The molecule has 1 atom stereocenters. The summed E-state index contributed by atoms with van der Waals surface area (Å²) in [5.74, 6) is 1.38. The van der Waals surface area contributed by atoms with Gasteiger partial charge >= 0.3 is 0 Å². The van der Waals surface area contributed by atoms with Gasteiger partial charge in [-0.25, -0.2) is 0 Å². The molecule has 0 spiro atoms. The lowest BCUT2D eigenvalue weighted by atomic mass is 9.96. The Morgan fingerprint density at radius 1 is 1.19 bits per heavy atom. The fraction of sp³-hybridized carbons (Fsp3) is 0.500. The number of benzene rings is 1. The van der Waals surface area contributed by atoms with Gasteiger partial charge in [-0.3, -0.25) is 9.59 Å². The molecule has 2 saturated heterocycles. The number of aromatic nitrogens is 2. The SMILES string of the molecule is Cc1ccc(N2CC(C(=O)N3CC(c4nc(C(C)C)no4)C3)CC2=O)cc1. The van der Waals surface area contributed by atoms with Crippen LogP contribution in [0, 0.1) is 12.8 Å². The largest absolute Gasteiger partial charge is 0.341 e. The smallest absolute Gasteiger partial charge is 0.233 e. The van der Waals surface area contributed by atoms with Gasteiger partial charge in [0.2, 0.25) is 17.7 Å². The van der Waals surface area contributed by atoms with Gasteiger partial charge in [0.1, 0.15) is 0 Å². The summed E-state index contributed by atoms with van der Waals surface area (Å²) in [6.07, 6.45) is 0.270. The fourth-order valence-electron chi connectivity index (χ4n) is 3.57. The molecule has 4 rings (SSSR count). The number of anilines is 1. The molecule has 2 aromatic rings. The lowest BCUT2D eigenvalue weighted by Crippen LogP contribution is -2.51. The lowest BCUT2D eigenvalue weighted by Gasteiger charge is -2.38. The Labute approximate surface area is 158 Å². The topological polar surface area (TPSA) is 79.5 Å². The maximum absolute atomic E-state index is 12.8. The molecule has 0 N–H and O–H groups in total. The van der Waals surface area contributed by atoms with Crippen LogP contribution >= 0.6 is 0 Å². The summed E-state index contributed by atoms with van der Waals surface area (Å²) in [6, 6.07) is 7.82.